The van der Waals surface area contributed by atoms with Crippen LogP contribution in [-0.4, -0.2) is 15.2 Å². The van der Waals surface area contributed by atoms with Gasteiger partial charge in [0.2, 0.25) is 0 Å². The Balaban J connectivity index is 0.00000128. The molecule has 0 aliphatic carbocycles. The van der Waals surface area contributed by atoms with Gasteiger partial charge in [-0.25, -0.2) is 0 Å². The summed E-state index contributed by atoms with van der Waals surface area (Å²) in [6.07, 6.45) is 0.673. The number of fused-ring (bicyclic) bond motifs is 1. The monoisotopic (exact) mass is 213 g/mol. The number of rotatable bonds is 1. The molecule has 1 aromatic carbocycles. The van der Waals surface area contributed by atoms with Gasteiger partial charge < -0.3 is 9.52 Å². The number of aryl methyl sites for hydroxylation is 1. The second-order valence-corrected chi connectivity index (χ2v) is 3.48. The van der Waals surface area contributed by atoms with Gasteiger partial charge in [-0.1, -0.05) is 13.0 Å². The van der Waals surface area contributed by atoms with Crippen molar-refractivity contribution in [3.8, 4) is 5.75 Å². The molecule has 16 heavy (non-hydrogen) atoms. The second kappa shape index (κ2) is 4.50. The SMILES string of the molecule is CCc1oc2cccc(O)c2c(=O)c1C.[Be]. The minimum atomic E-state index is -0.147. The molecule has 0 amide bonds. The summed E-state index contributed by atoms with van der Waals surface area (Å²) in [6, 6.07) is 4.84. The van der Waals surface area contributed by atoms with Gasteiger partial charge in [-0.15, -0.1) is 0 Å². The van der Waals surface area contributed by atoms with Crippen molar-refractivity contribution in [2.45, 2.75) is 20.3 Å². The van der Waals surface area contributed by atoms with E-state index in [2.05, 4.69) is 0 Å². The van der Waals surface area contributed by atoms with Crippen LogP contribution in [0.25, 0.3) is 11.0 Å². The van der Waals surface area contributed by atoms with E-state index in [4.69, 9.17) is 4.42 Å². The van der Waals surface area contributed by atoms with Gasteiger partial charge in [0.25, 0.3) is 0 Å². The minimum absolute atomic E-state index is 0. The summed E-state index contributed by atoms with van der Waals surface area (Å²) in [4.78, 5) is 11.9. The smallest absolute Gasteiger partial charge is 0.199 e. The molecule has 4 heteroatoms. The fourth-order valence-corrected chi connectivity index (χ4v) is 1.69. The molecule has 3 nitrogen and oxygen atoms in total. The number of hydrogen-bond acceptors (Lipinski definition) is 3. The molecule has 0 spiro atoms. The average Bonchev–Trinajstić information content (AvgIpc) is 2.23. The fraction of sp³-hybridized carbons (Fsp3) is 0.250. The van der Waals surface area contributed by atoms with Crippen molar-refractivity contribution in [2.75, 3.05) is 0 Å². The first-order valence-electron chi connectivity index (χ1n) is 4.89. The van der Waals surface area contributed by atoms with E-state index in [1.54, 1.807) is 19.1 Å². The Morgan fingerprint density at radius 3 is 2.69 bits per heavy atom. The van der Waals surface area contributed by atoms with E-state index < -0.39 is 0 Å². The molecule has 0 saturated heterocycles. The van der Waals surface area contributed by atoms with Gasteiger partial charge in [-0.2, -0.15) is 0 Å². The predicted molar refractivity (Wildman–Crippen MR) is 64.0 cm³/mol. The van der Waals surface area contributed by atoms with Crippen LogP contribution in [-0.2, 0) is 6.42 Å². The van der Waals surface area contributed by atoms with Gasteiger partial charge in [0.05, 0.1) is 0 Å². The van der Waals surface area contributed by atoms with Crippen LogP contribution in [0.5, 0.6) is 5.75 Å². The summed E-state index contributed by atoms with van der Waals surface area (Å²) in [6.45, 7) is 3.65. The van der Waals surface area contributed by atoms with Crippen molar-refractivity contribution in [1.29, 1.82) is 0 Å². The third kappa shape index (κ3) is 1.74. The molecule has 0 bridgehead atoms. The quantitative estimate of drug-likeness (QED) is 0.737. The average molecular weight is 213 g/mol. The van der Waals surface area contributed by atoms with E-state index >= 15 is 0 Å². The van der Waals surface area contributed by atoms with E-state index in [1.807, 2.05) is 6.92 Å². The number of phenols is 1. The normalized spacial score (nSPS) is 10.1. The summed E-state index contributed by atoms with van der Waals surface area (Å²) in [5.74, 6) is 0.658. The van der Waals surface area contributed by atoms with Crippen molar-refractivity contribution < 1.29 is 9.52 Å². The molecule has 0 fully saturated rings. The second-order valence-electron chi connectivity index (χ2n) is 3.48. The summed E-state index contributed by atoms with van der Waals surface area (Å²) >= 11 is 0. The minimum Gasteiger partial charge on any atom is -0.507 e. The number of aromatic hydroxyl groups is 1. The summed E-state index contributed by atoms with van der Waals surface area (Å²) in [5, 5.41) is 9.85. The first-order chi connectivity index (χ1) is 7.15. The van der Waals surface area contributed by atoms with Crippen molar-refractivity contribution in [2.24, 2.45) is 0 Å². The van der Waals surface area contributed by atoms with Crippen LogP contribution < -0.4 is 5.43 Å². The molecular weight excluding hydrogens is 201 g/mol. The number of phenolic OH excluding ortho intramolecular Hbond substituents is 1. The van der Waals surface area contributed by atoms with Crippen molar-refractivity contribution >= 4 is 21.1 Å². The van der Waals surface area contributed by atoms with E-state index in [-0.39, 0.29) is 26.7 Å². The fourth-order valence-electron chi connectivity index (χ4n) is 1.69. The Bertz CT molecular complexity index is 572. The zero-order valence-electron chi connectivity index (χ0n) is 9.41. The zero-order valence-corrected chi connectivity index (χ0v) is 9.41. The Morgan fingerprint density at radius 1 is 1.38 bits per heavy atom. The Hall–Kier alpha value is -1.60. The Kier molecular flexibility index (Phi) is 3.51. The van der Waals surface area contributed by atoms with Crippen molar-refractivity contribution in [3.05, 3.63) is 39.7 Å². The maximum Gasteiger partial charge on any atom is 0.199 e. The molecule has 0 saturated carbocycles. The molecule has 2 aromatic rings. The van der Waals surface area contributed by atoms with E-state index in [0.29, 0.717) is 23.3 Å². The van der Waals surface area contributed by atoms with Crippen LogP contribution in [0, 0.1) is 6.92 Å². The van der Waals surface area contributed by atoms with Crippen LogP contribution >= 0.6 is 0 Å². The van der Waals surface area contributed by atoms with Crippen LogP contribution in [0.15, 0.2) is 27.4 Å². The summed E-state index contributed by atoms with van der Waals surface area (Å²) in [7, 11) is 0. The van der Waals surface area contributed by atoms with E-state index in [1.165, 1.54) is 6.07 Å². The predicted octanol–water partition coefficient (Wildman–Crippen LogP) is 1.99. The van der Waals surface area contributed by atoms with Gasteiger partial charge in [0.1, 0.15) is 22.5 Å². The van der Waals surface area contributed by atoms with Gasteiger partial charge in [-0.05, 0) is 19.1 Å². The third-order valence-electron chi connectivity index (χ3n) is 2.54. The molecule has 2 radical (unpaired) electrons. The molecule has 0 unspecified atom stereocenters. The Morgan fingerprint density at radius 2 is 2.06 bits per heavy atom. The largest absolute Gasteiger partial charge is 0.507 e. The van der Waals surface area contributed by atoms with Gasteiger partial charge >= 0.3 is 0 Å². The number of hydrogen-bond donors (Lipinski definition) is 1. The van der Waals surface area contributed by atoms with E-state index in [9.17, 15) is 9.90 Å². The topological polar surface area (TPSA) is 50.4 Å². The maximum absolute atomic E-state index is 11.9. The zero-order chi connectivity index (χ0) is 11.0. The molecule has 0 aliphatic heterocycles. The first-order valence-corrected chi connectivity index (χ1v) is 4.89. The molecule has 0 aliphatic rings. The molecule has 0 atom stereocenters. The molecule has 1 heterocycles. The molecule has 2 rings (SSSR count). The molecule has 1 aromatic heterocycles. The van der Waals surface area contributed by atoms with Crippen LogP contribution in [0.1, 0.15) is 18.2 Å². The molecule has 1 N–H and O–H groups in total. The van der Waals surface area contributed by atoms with Gasteiger partial charge in [0.15, 0.2) is 5.43 Å². The summed E-state index contributed by atoms with van der Waals surface area (Å²) in [5.41, 5.74) is 0.875. The Labute approximate surface area is 96.9 Å². The first kappa shape index (κ1) is 12.5. The maximum atomic E-state index is 11.9. The van der Waals surface area contributed by atoms with Gasteiger partial charge in [-0.3, -0.25) is 4.79 Å². The number of benzene rings is 1. The molecular formula is C12H12BeO3. The molecule has 80 valence electrons. The van der Waals surface area contributed by atoms with Crippen LogP contribution in [0.3, 0.4) is 0 Å². The summed E-state index contributed by atoms with van der Waals surface area (Å²) < 4.78 is 5.54. The van der Waals surface area contributed by atoms with Crippen molar-refractivity contribution in [1.82, 2.24) is 0 Å². The van der Waals surface area contributed by atoms with Crippen LogP contribution in [0.4, 0.5) is 0 Å². The van der Waals surface area contributed by atoms with E-state index in [0.717, 1.165) is 0 Å². The van der Waals surface area contributed by atoms with Gasteiger partial charge in [0, 0.05) is 22.1 Å². The van der Waals surface area contributed by atoms with Crippen molar-refractivity contribution in [3.63, 3.8) is 0 Å². The standard InChI is InChI=1S/C12H12O3.Be/c1-3-9-7(2)12(14)11-8(13)5-4-6-10(11)15-9;/h4-6,13H,3H2,1-2H3;. The van der Waals surface area contributed by atoms with Crippen LogP contribution in [0.2, 0.25) is 0 Å². The third-order valence-corrected chi connectivity index (χ3v) is 2.54.